The molecule has 1 aromatic rings. The van der Waals surface area contributed by atoms with Crippen molar-refractivity contribution in [3.05, 3.63) is 20.9 Å². The van der Waals surface area contributed by atoms with E-state index in [4.69, 9.17) is 12.2 Å². The van der Waals surface area contributed by atoms with Gasteiger partial charge in [-0.25, -0.2) is 4.99 Å². The normalized spacial score (nSPS) is 22.0. The number of carbonyl (C=O) groups is 2. The Morgan fingerprint density at radius 3 is 2.72 bits per heavy atom. The molecule has 1 atom stereocenters. The summed E-state index contributed by atoms with van der Waals surface area (Å²) in [4.78, 5) is 31.7. The van der Waals surface area contributed by atoms with Crippen LogP contribution in [0.5, 0.6) is 0 Å². The molecule has 0 spiro atoms. The van der Waals surface area contributed by atoms with E-state index in [1.54, 1.807) is 11.3 Å². The lowest BCUT2D eigenvalue weighted by Crippen LogP contribution is -2.28. The highest BCUT2D eigenvalue weighted by molar-refractivity contribution is 7.78. The third kappa shape index (κ3) is 3.91. The van der Waals surface area contributed by atoms with Crippen LogP contribution in [-0.2, 0) is 24.1 Å². The van der Waals surface area contributed by atoms with E-state index in [1.807, 2.05) is 0 Å². The van der Waals surface area contributed by atoms with E-state index >= 15 is 0 Å². The van der Waals surface area contributed by atoms with Crippen LogP contribution in [0.3, 0.4) is 0 Å². The summed E-state index contributed by atoms with van der Waals surface area (Å²) in [6.07, 6.45) is 7.44. The number of hydrogen-bond acceptors (Lipinski definition) is 5. The van der Waals surface area contributed by atoms with E-state index in [2.05, 4.69) is 15.5 Å². The van der Waals surface area contributed by atoms with Gasteiger partial charge in [-0.1, -0.05) is 0 Å². The second-order valence-corrected chi connectivity index (χ2v) is 8.86. The van der Waals surface area contributed by atoms with E-state index in [0.29, 0.717) is 18.1 Å². The molecule has 0 bridgehead atoms. The molecule has 0 saturated heterocycles. The van der Waals surface area contributed by atoms with Crippen LogP contribution in [0.15, 0.2) is 4.99 Å². The number of fused-ring (bicyclic) bond motifs is 1. The molecule has 4 nitrogen and oxygen atoms in total. The Kier molecular flexibility index (Phi) is 4.85. The number of amides is 1. The highest BCUT2D eigenvalue weighted by Crippen LogP contribution is 2.38. The first kappa shape index (κ1) is 17.1. The van der Waals surface area contributed by atoms with E-state index in [-0.39, 0.29) is 17.9 Å². The molecule has 1 unspecified atom stereocenters. The van der Waals surface area contributed by atoms with Crippen molar-refractivity contribution in [2.75, 3.05) is 6.54 Å². The molecule has 2 saturated carbocycles. The van der Waals surface area contributed by atoms with Gasteiger partial charge in [-0.15, -0.1) is 11.3 Å². The molecule has 0 aromatic carbocycles. The van der Waals surface area contributed by atoms with Crippen LogP contribution < -0.4 is 5.32 Å². The number of thiocarbonyl (C=S) groups is 1. The van der Waals surface area contributed by atoms with E-state index in [1.165, 1.54) is 17.7 Å². The molecular formula is C19H22N2O2S2. The molecule has 0 radical (unpaired) electrons. The summed E-state index contributed by atoms with van der Waals surface area (Å²) < 4.78 is 0. The second-order valence-electron chi connectivity index (χ2n) is 7.49. The third-order valence-electron chi connectivity index (χ3n) is 5.39. The zero-order valence-electron chi connectivity index (χ0n) is 14.2. The number of aliphatic imine (C=N–C) groups is 1. The number of rotatable bonds is 7. The van der Waals surface area contributed by atoms with Gasteiger partial charge in [-0.3, -0.25) is 9.59 Å². The predicted molar refractivity (Wildman–Crippen MR) is 102 cm³/mol. The summed E-state index contributed by atoms with van der Waals surface area (Å²) in [5.74, 6) is 1.16. The summed E-state index contributed by atoms with van der Waals surface area (Å²) in [7, 11) is 0. The van der Waals surface area contributed by atoms with Crippen molar-refractivity contribution in [2.24, 2.45) is 16.8 Å². The van der Waals surface area contributed by atoms with Crippen LogP contribution in [0.1, 0.15) is 57.8 Å². The third-order valence-corrected chi connectivity index (χ3v) is 6.78. The molecule has 4 rings (SSSR count). The number of nitrogens with one attached hydrogen (secondary N) is 1. The average molecular weight is 375 g/mol. The lowest BCUT2D eigenvalue weighted by Gasteiger charge is -2.18. The molecule has 25 heavy (non-hydrogen) atoms. The van der Waals surface area contributed by atoms with Crippen molar-refractivity contribution in [3.8, 4) is 0 Å². The zero-order chi connectivity index (χ0) is 17.4. The maximum absolute atomic E-state index is 12.9. The Morgan fingerprint density at radius 2 is 2.04 bits per heavy atom. The number of hydrogen-bond donors (Lipinski definition) is 1. The van der Waals surface area contributed by atoms with Crippen molar-refractivity contribution in [2.45, 2.75) is 57.4 Å². The fourth-order valence-electron chi connectivity index (χ4n) is 3.55. The zero-order valence-corrected chi connectivity index (χ0v) is 15.8. The molecule has 132 valence electrons. The minimum atomic E-state index is -0.00465. The summed E-state index contributed by atoms with van der Waals surface area (Å²) in [5.41, 5.74) is 1.86. The Labute approximate surface area is 157 Å². The second kappa shape index (κ2) is 7.10. The number of carbonyl (C=O) groups excluding carboxylic acids is 2. The van der Waals surface area contributed by atoms with Gasteiger partial charge in [0.2, 0.25) is 0 Å². The minimum absolute atomic E-state index is 0.00465. The van der Waals surface area contributed by atoms with Crippen molar-refractivity contribution < 1.29 is 9.59 Å². The highest BCUT2D eigenvalue weighted by atomic mass is 32.1. The monoisotopic (exact) mass is 374 g/mol. The first-order chi connectivity index (χ1) is 12.2. The van der Waals surface area contributed by atoms with Crippen molar-refractivity contribution >= 4 is 40.4 Å². The van der Waals surface area contributed by atoms with Crippen molar-refractivity contribution in [1.29, 1.82) is 0 Å². The SMILES string of the molecule is O=C(NCC1CC1)c1c(CC(=O)C2CC2)sc2c1CC(N=C=S)CC2. The molecule has 2 fully saturated rings. The highest BCUT2D eigenvalue weighted by Gasteiger charge is 2.34. The fraction of sp³-hybridized carbons (Fsp3) is 0.632. The largest absolute Gasteiger partial charge is 0.352 e. The fourth-order valence-corrected chi connectivity index (χ4v) is 5.06. The van der Waals surface area contributed by atoms with Gasteiger partial charge in [0.1, 0.15) is 5.78 Å². The maximum atomic E-state index is 12.9. The van der Waals surface area contributed by atoms with Crippen molar-refractivity contribution in [1.82, 2.24) is 5.32 Å². The Hall–Kier alpha value is -1.36. The molecule has 6 heteroatoms. The van der Waals surface area contributed by atoms with Crippen LogP contribution >= 0.6 is 23.6 Å². The molecule has 3 aliphatic rings. The lowest BCUT2D eigenvalue weighted by molar-refractivity contribution is -0.119. The number of isothiocyanates is 1. The Morgan fingerprint density at radius 1 is 1.24 bits per heavy atom. The first-order valence-electron chi connectivity index (χ1n) is 9.17. The van der Waals surface area contributed by atoms with E-state index in [9.17, 15) is 9.59 Å². The Bertz CT molecular complexity index is 756. The van der Waals surface area contributed by atoms with E-state index in [0.717, 1.165) is 54.7 Å². The summed E-state index contributed by atoms with van der Waals surface area (Å²) in [6.45, 7) is 0.751. The van der Waals surface area contributed by atoms with Crippen molar-refractivity contribution in [3.63, 3.8) is 0 Å². The van der Waals surface area contributed by atoms with Gasteiger partial charge in [-0.05, 0) is 68.6 Å². The van der Waals surface area contributed by atoms with Gasteiger partial charge in [0.15, 0.2) is 0 Å². The minimum Gasteiger partial charge on any atom is -0.352 e. The number of thiophene rings is 1. The number of Topliss-reactive ketones (excluding diaryl/α,β-unsaturated/α-hetero) is 1. The lowest BCUT2D eigenvalue weighted by atomic mass is 9.90. The molecule has 1 heterocycles. The molecular weight excluding hydrogens is 352 g/mol. The summed E-state index contributed by atoms with van der Waals surface area (Å²) in [6, 6.07) is 0.113. The molecule has 0 aliphatic heterocycles. The quantitative estimate of drug-likeness (QED) is 0.588. The summed E-state index contributed by atoms with van der Waals surface area (Å²) >= 11 is 6.42. The Balaban J connectivity index is 1.61. The maximum Gasteiger partial charge on any atom is 0.252 e. The number of ketones is 1. The smallest absolute Gasteiger partial charge is 0.252 e. The first-order valence-corrected chi connectivity index (χ1v) is 10.4. The van der Waals surface area contributed by atoms with Crippen LogP contribution in [0.2, 0.25) is 0 Å². The van der Waals surface area contributed by atoms with Gasteiger partial charge in [-0.2, -0.15) is 0 Å². The van der Waals surface area contributed by atoms with Gasteiger partial charge in [0.25, 0.3) is 5.91 Å². The predicted octanol–water partition coefficient (Wildman–Crippen LogP) is 3.37. The topological polar surface area (TPSA) is 58.5 Å². The summed E-state index contributed by atoms with van der Waals surface area (Å²) in [5, 5.41) is 5.58. The van der Waals surface area contributed by atoms with Gasteiger partial charge in [0.05, 0.1) is 16.8 Å². The van der Waals surface area contributed by atoms with Crippen LogP contribution in [-0.4, -0.2) is 29.4 Å². The average Bonchev–Trinajstić information content (AvgIpc) is 3.49. The van der Waals surface area contributed by atoms with Gasteiger partial charge in [0, 0.05) is 28.6 Å². The molecule has 1 aromatic heterocycles. The molecule has 1 N–H and O–H groups in total. The van der Waals surface area contributed by atoms with Gasteiger partial charge >= 0.3 is 0 Å². The van der Waals surface area contributed by atoms with Crippen LogP contribution in [0.25, 0.3) is 0 Å². The van der Waals surface area contributed by atoms with Crippen LogP contribution in [0.4, 0.5) is 0 Å². The molecule has 3 aliphatic carbocycles. The number of aryl methyl sites for hydroxylation is 1. The standard InChI is InChI=1S/C19H22N2O2S2/c22-15(12-3-4-12)8-17-18(19(23)20-9-11-1-2-11)14-7-13(21-10-24)5-6-16(14)25-17/h11-13H,1-9H2,(H,20,23). The van der Waals surface area contributed by atoms with E-state index < -0.39 is 0 Å². The number of nitrogens with zero attached hydrogens (tertiary/aromatic N) is 1. The molecule has 1 amide bonds. The van der Waals surface area contributed by atoms with Crippen LogP contribution in [0, 0.1) is 11.8 Å². The van der Waals surface area contributed by atoms with Gasteiger partial charge < -0.3 is 5.32 Å².